The largest absolute Gasteiger partial charge is 0.435 e. The van der Waals surface area contributed by atoms with Crippen LogP contribution in [0.3, 0.4) is 0 Å². The molecule has 2 aromatic carbocycles. The maximum Gasteiger partial charge on any atom is 0.435 e. The first-order valence-electron chi connectivity index (χ1n) is 11.9. The van der Waals surface area contributed by atoms with Crippen LogP contribution in [0.2, 0.25) is 0 Å². The van der Waals surface area contributed by atoms with E-state index in [9.17, 15) is 31.2 Å². The molecule has 0 saturated carbocycles. The van der Waals surface area contributed by atoms with E-state index in [1.54, 1.807) is 24.3 Å². The monoisotopic (exact) mass is 579 g/mol. The summed E-state index contributed by atoms with van der Waals surface area (Å²) in [6.07, 6.45) is -4.37. The molecule has 0 radical (unpaired) electrons. The van der Waals surface area contributed by atoms with Crippen molar-refractivity contribution in [2.45, 2.75) is 43.8 Å². The molecule has 0 aliphatic carbocycles. The Morgan fingerprint density at radius 2 is 1.70 bits per heavy atom. The number of amides is 2. The second kappa shape index (κ2) is 12.2. The van der Waals surface area contributed by atoms with Gasteiger partial charge in [-0.2, -0.15) is 18.3 Å². The fraction of sp³-hybridized carbons (Fsp3) is 0.280. The van der Waals surface area contributed by atoms with Crippen molar-refractivity contribution in [2.75, 3.05) is 6.54 Å². The van der Waals surface area contributed by atoms with Gasteiger partial charge < -0.3 is 16.8 Å². The molecule has 2 amide bonds. The Hall–Kier alpha value is -4.40. The van der Waals surface area contributed by atoms with Crippen molar-refractivity contribution < 1.29 is 31.2 Å². The lowest BCUT2D eigenvalue weighted by Crippen LogP contribution is -2.47. The predicted molar refractivity (Wildman–Crippen MR) is 142 cm³/mol. The number of guanidine groups is 1. The first-order valence-corrected chi connectivity index (χ1v) is 13.4. The third-order valence-electron chi connectivity index (χ3n) is 5.61. The molecule has 40 heavy (non-hydrogen) atoms. The lowest BCUT2D eigenvalue weighted by Gasteiger charge is -2.17. The SMILES string of the molecule is CC(=O)NC(CCCN=C(N)N)C(=O)NS(=O)(=O)c1ccc(-n2nc(C(F)(F)F)cc2-c2ccc(C)cc2)cc1. The van der Waals surface area contributed by atoms with Gasteiger partial charge in [-0.05, 0) is 50.1 Å². The smallest absolute Gasteiger partial charge is 0.370 e. The van der Waals surface area contributed by atoms with E-state index in [1.165, 1.54) is 19.1 Å². The Morgan fingerprint density at radius 1 is 1.07 bits per heavy atom. The van der Waals surface area contributed by atoms with E-state index >= 15 is 0 Å². The van der Waals surface area contributed by atoms with Crippen LogP contribution in [0.25, 0.3) is 16.9 Å². The summed E-state index contributed by atoms with van der Waals surface area (Å²) in [6, 6.07) is 11.3. The molecule has 11 nitrogen and oxygen atoms in total. The van der Waals surface area contributed by atoms with Crippen LogP contribution in [0.1, 0.15) is 31.0 Å². The summed E-state index contributed by atoms with van der Waals surface area (Å²) in [5.41, 5.74) is 11.1. The molecule has 1 atom stereocenters. The molecule has 0 aliphatic heterocycles. The highest BCUT2D eigenvalue weighted by atomic mass is 32.2. The van der Waals surface area contributed by atoms with Gasteiger partial charge in [-0.1, -0.05) is 29.8 Å². The van der Waals surface area contributed by atoms with Crippen LogP contribution >= 0.6 is 0 Å². The molecule has 0 saturated heterocycles. The van der Waals surface area contributed by atoms with Crippen molar-refractivity contribution in [3.05, 3.63) is 65.9 Å². The number of sulfonamides is 1. The molecule has 3 rings (SSSR count). The van der Waals surface area contributed by atoms with E-state index < -0.39 is 39.7 Å². The third-order valence-corrected chi connectivity index (χ3v) is 6.98. The summed E-state index contributed by atoms with van der Waals surface area (Å²) in [4.78, 5) is 27.7. The molecule has 0 spiro atoms. The number of nitrogens with two attached hydrogens (primary N) is 2. The lowest BCUT2D eigenvalue weighted by atomic mass is 10.1. The minimum atomic E-state index is -4.70. The topological polar surface area (TPSA) is 175 Å². The number of hydrogen-bond donors (Lipinski definition) is 4. The zero-order chi connectivity index (χ0) is 29.7. The van der Waals surface area contributed by atoms with Crippen molar-refractivity contribution in [1.29, 1.82) is 0 Å². The quantitative estimate of drug-likeness (QED) is 0.162. The normalized spacial score (nSPS) is 12.4. The molecule has 214 valence electrons. The number of rotatable bonds is 10. The Bertz CT molecular complexity index is 1500. The lowest BCUT2D eigenvalue weighted by molar-refractivity contribution is -0.141. The summed E-state index contributed by atoms with van der Waals surface area (Å²) >= 11 is 0. The molecule has 3 aromatic rings. The highest BCUT2D eigenvalue weighted by Crippen LogP contribution is 2.33. The standard InChI is InChI=1S/C25H28F3N7O4S/c1-15-5-7-17(8-6-15)21-14-22(25(26,27)28)33-35(21)18-9-11-19(12-10-18)40(38,39)34-23(37)20(32-16(2)36)4-3-13-31-24(29)30/h5-12,14,20H,3-4,13H2,1-2H3,(H,32,36)(H,34,37)(H4,29,30,31). The zero-order valence-electron chi connectivity index (χ0n) is 21.6. The number of halogens is 3. The van der Waals surface area contributed by atoms with Gasteiger partial charge in [-0.25, -0.2) is 17.8 Å². The van der Waals surface area contributed by atoms with E-state index in [2.05, 4.69) is 15.4 Å². The van der Waals surface area contributed by atoms with Gasteiger partial charge in [0.15, 0.2) is 11.7 Å². The van der Waals surface area contributed by atoms with E-state index in [-0.39, 0.29) is 41.6 Å². The van der Waals surface area contributed by atoms with Crippen LogP contribution in [0.4, 0.5) is 13.2 Å². The van der Waals surface area contributed by atoms with Crippen LogP contribution in [-0.2, 0) is 25.8 Å². The van der Waals surface area contributed by atoms with Gasteiger partial charge in [0.1, 0.15) is 6.04 Å². The van der Waals surface area contributed by atoms with Gasteiger partial charge in [0.25, 0.3) is 15.9 Å². The fourth-order valence-corrected chi connectivity index (χ4v) is 4.71. The van der Waals surface area contributed by atoms with Gasteiger partial charge in [0.2, 0.25) is 5.91 Å². The average molecular weight is 580 g/mol. The Morgan fingerprint density at radius 3 is 2.25 bits per heavy atom. The summed E-state index contributed by atoms with van der Waals surface area (Å²) in [5, 5.41) is 6.08. The zero-order valence-corrected chi connectivity index (χ0v) is 22.4. The first kappa shape index (κ1) is 30.1. The van der Waals surface area contributed by atoms with E-state index in [0.29, 0.717) is 5.56 Å². The number of carbonyl (C=O) groups excluding carboxylic acids is 2. The average Bonchev–Trinajstić information content (AvgIpc) is 3.32. The van der Waals surface area contributed by atoms with Crippen molar-refractivity contribution in [3.8, 4) is 16.9 Å². The first-order chi connectivity index (χ1) is 18.7. The van der Waals surface area contributed by atoms with Gasteiger partial charge in [0.05, 0.1) is 16.3 Å². The number of hydrogen-bond acceptors (Lipinski definition) is 6. The maximum absolute atomic E-state index is 13.5. The molecular formula is C25H28F3N7O4S. The maximum atomic E-state index is 13.5. The fourth-order valence-electron chi connectivity index (χ4n) is 3.69. The number of alkyl halides is 3. The Balaban J connectivity index is 1.86. The molecule has 0 bridgehead atoms. The van der Waals surface area contributed by atoms with Crippen LogP contribution in [0.5, 0.6) is 0 Å². The van der Waals surface area contributed by atoms with Crippen LogP contribution in [0.15, 0.2) is 64.5 Å². The molecule has 6 N–H and O–H groups in total. The number of nitrogens with one attached hydrogen (secondary N) is 2. The van der Waals surface area contributed by atoms with Crippen LogP contribution in [0, 0.1) is 6.92 Å². The molecule has 1 heterocycles. The van der Waals surface area contributed by atoms with E-state index in [1.807, 2.05) is 11.6 Å². The van der Waals surface area contributed by atoms with Gasteiger partial charge >= 0.3 is 6.18 Å². The van der Waals surface area contributed by atoms with E-state index in [0.717, 1.165) is 28.4 Å². The summed E-state index contributed by atoms with van der Waals surface area (Å²) < 4.78 is 69.1. The number of aryl methyl sites for hydroxylation is 1. The number of aromatic nitrogens is 2. The van der Waals surface area contributed by atoms with E-state index in [4.69, 9.17) is 11.5 Å². The number of carbonyl (C=O) groups is 2. The Labute approximate surface area is 228 Å². The molecule has 0 fully saturated rings. The minimum absolute atomic E-state index is 0.0548. The van der Waals surface area contributed by atoms with Gasteiger partial charge in [0, 0.05) is 19.0 Å². The van der Waals surface area contributed by atoms with Crippen LogP contribution in [-0.4, -0.2) is 48.6 Å². The molecule has 15 heteroatoms. The highest BCUT2D eigenvalue weighted by Gasteiger charge is 2.35. The van der Waals surface area contributed by atoms with Gasteiger partial charge in [-0.15, -0.1) is 0 Å². The second-order valence-electron chi connectivity index (χ2n) is 8.86. The van der Waals surface area contributed by atoms with Crippen molar-refractivity contribution in [2.24, 2.45) is 16.5 Å². The predicted octanol–water partition coefficient (Wildman–Crippen LogP) is 2.23. The molecule has 0 aliphatic rings. The number of benzene rings is 2. The number of nitrogens with zero attached hydrogens (tertiary/aromatic N) is 3. The summed E-state index contributed by atoms with van der Waals surface area (Å²) in [5.74, 6) is -1.68. The minimum Gasteiger partial charge on any atom is -0.370 e. The Kier molecular flexibility index (Phi) is 9.19. The van der Waals surface area contributed by atoms with Crippen molar-refractivity contribution >= 4 is 27.8 Å². The van der Waals surface area contributed by atoms with Crippen molar-refractivity contribution in [3.63, 3.8) is 0 Å². The third kappa shape index (κ3) is 7.81. The molecule has 1 aromatic heterocycles. The van der Waals surface area contributed by atoms with Gasteiger partial charge in [-0.3, -0.25) is 14.6 Å². The molecule has 1 unspecified atom stereocenters. The van der Waals surface area contributed by atoms with Crippen molar-refractivity contribution in [1.82, 2.24) is 19.8 Å². The highest BCUT2D eigenvalue weighted by molar-refractivity contribution is 7.90. The number of aliphatic imine (C=N–C) groups is 1. The summed E-state index contributed by atoms with van der Waals surface area (Å²) in [6.45, 7) is 3.17. The second-order valence-corrected chi connectivity index (χ2v) is 10.5. The van der Waals surface area contributed by atoms with Crippen LogP contribution < -0.4 is 21.5 Å². The molecular weight excluding hydrogens is 551 g/mol. The summed E-state index contributed by atoms with van der Waals surface area (Å²) in [7, 11) is -4.40.